The zero-order valence-corrected chi connectivity index (χ0v) is 12.6. The van der Waals surface area contributed by atoms with Gasteiger partial charge in [0.1, 0.15) is 10.8 Å². The number of anilines is 1. The number of aromatic nitrogens is 1. The van der Waals surface area contributed by atoms with Crippen LogP contribution in [0.25, 0.3) is 0 Å². The Morgan fingerprint density at radius 3 is 3.05 bits per heavy atom. The number of fused-ring (bicyclic) bond motifs is 1. The number of hydrogen-bond acceptors (Lipinski definition) is 4. The predicted molar refractivity (Wildman–Crippen MR) is 86.1 cm³/mol. The maximum absolute atomic E-state index is 5.86. The highest BCUT2D eigenvalue weighted by Crippen LogP contribution is 2.27. The molecule has 102 valence electrons. The van der Waals surface area contributed by atoms with E-state index in [1.54, 1.807) is 0 Å². The fraction of sp³-hybridized carbons (Fsp3) is 0.571. The van der Waals surface area contributed by atoms with Crippen molar-refractivity contribution in [3.63, 3.8) is 0 Å². The van der Waals surface area contributed by atoms with Crippen molar-refractivity contribution in [3.8, 4) is 0 Å². The molecule has 2 heterocycles. The molecule has 2 aliphatic rings. The first-order valence-corrected chi connectivity index (χ1v) is 8.47. The third-order valence-electron chi connectivity index (χ3n) is 3.82. The maximum atomic E-state index is 5.86. The van der Waals surface area contributed by atoms with Crippen LogP contribution in [0, 0.1) is 0 Å². The molecule has 1 fully saturated rings. The van der Waals surface area contributed by atoms with E-state index in [0.29, 0.717) is 11.0 Å². The molecule has 1 aromatic heterocycles. The minimum Gasteiger partial charge on any atom is -0.389 e. The fourth-order valence-corrected chi connectivity index (χ4v) is 4.05. The molecule has 1 aliphatic heterocycles. The molecular formula is C14H19N3S2. The van der Waals surface area contributed by atoms with Crippen LogP contribution in [-0.4, -0.2) is 27.5 Å². The first kappa shape index (κ1) is 13.2. The van der Waals surface area contributed by atoms with Crippen LogP contribution in [0.2, 0.25) is 0 Å². The number of nitrogens with one attached hydrogen (secondary N) is 1. The van der Waals surface area contributed by atoms with E-state index in [4.69, 9.17) is 22.9 Å². The molecule has 1 unspecified atom stereocenters. The predicted octanol–water partition coefficient (Wildman–Crippen LogP) is 2.51. The summed E-state index contributed by atoms with van der Waals surface area (Å²) in [5, 5.41) is 3.56. The van der Waals surface area contributed by atoms with E-state index in [1.807, 2.05) is 11.8 Å². The van der Waals surface area contributed by atoms with Crippen LogP contribution >= 0.6 is 24.0 Å². The van der Waals surface area contributed by atoms with Crippen molar-refractivity contribution in [2.75, 3.05) is 16.8 Å². The van der Waals surface area contributed by atoms with Crippen molar-refractivity contribution in [1.29, 1.82) is 0 Å². The quantitative estimate of drug-likeness (QED) is 0.839. The second-order valence-corrected chi connectivity index (χ2v) is 6.86. The summed E-state index contributed by atoms with van der Waals surface area (Å²) in [7, 11) is 0. The lowest BCUT2D eigenvalue weighted by Gasteiger charge is -2.24. The average molecular weight is 293 g/mol. The van der Waals surface area contributed by atoms with E-state index < -0.39 is 0 Å². The largest absolute Gasteiger partial charge is 0.389 e. The summed E-state index contributed by atoms with van der Waals surface area (Å²) in [6.07, 6.45) is 5.87. The number of hydrogen-bond donors (Lipinski definition) is 2. The molecular weight excluding hydrogens is 274 g/mol. The number of thioether (sulfide) groups is 1. The topological polar surface area (TPSA) is 50.9 Å². The van der Waals surface area contributed by atoms with Crippen molar-refractivity contribution < 1.29 is 0 Å². The molecule has 0 radical (unpaired) electrons. The van der Waals surface area contributed by atoms with Crippen molar-refractivity contribution in [2.45, 2.75) is 38.1 Å². The molecule has 5 heteroatoms. The second-order valence-electron chi connectivity index (χ2n) is 5.27. The van der Waals surface area contributed by atoms with Gasteiger partial charge in [-0.1, -0.05) is 12.2 Å². The Morgan fingerprint density at radius 1 is 1.42 bits per heavy atom. The molecule has 0 spiro atoms. The SMILES string of the molecule is NC(=S)c1cc2c(nc1NC1CCCSC1)CCC2. The van der Waals surface area contributed by atoms with Gasteiger partial charge >= 0.3 is 0 Å². The lowest BCUT2D eigenvalue weighted by Crippen LogP contribution is -2.28. The zero-order chi connectivity index (χ0) is 13.2. The highest BCUT2D eigenvalue weighted by Gasteiger charge is 2.20. The number of nitrogens with two attached hydrogens (primary N) is 1. The Kier molecular flexibility index (Phi) is 3.93. The van der Waals surface area contributed by atoms with Gasteiger partial charge in [-0.25, -0.2) is 4.98 Å². The van der Waals surface area contributed by atoms with Crippen LogP contribution in [0.15, 0.2) is 6.07 Å². The highest BCUT2D eigenvalue weighted by molar-refractivity contribution is 7.99. The van der Waals surface area contributed by atoms with Gasteiger partial charge in [0, 0.05) is 17.5 Å². The van der Waals surface area contributed by atoms with Crippen LogP contribution in [0.3, 0.4) is 0 Å². The summed E-state index contributed by atoms with van der Waals surface area (Å²) in [4.78, 5) is 5.23. The van der Waals surface area contributed by atoms with Gasteiger partial charge in [-0.2, -0.15) is 11.8 Å². The number of aryl methyl sites for hydroxylation is 2. The molecule has 0 bridgehead atoms. The summed E-state index contributed by atoms with van der Waals surface area (Å²) < 4.78 is 0. The van der Waals surface area contributed by atoms with Gasteiger partial charge in [-0.15, -0.1) is 0 Å². The molecule has 0 amide bonds. The van der Waals surface area contributed by atoms with Crippen LogP contribution in [-0.2, 0) is 12.8 Å². The van der Waals surface area contributed by atoms with Crippen LogP contribution in [0.4, 0.5) is 5.82 Å². The van der Waals surface area contributed by atoms with Crippen LogP contribution < -0.4 is 11.1 Å². The normalized spacial score (nSPS) is 22.0. The number of rotatable bonds is 3. The van der Waals surface area contributed by atoms with E-state index >= 15 is 0 Å². The molecule has 0 saturated carbocycles. The molecule has 3 N–H and O–H groups in total. The first-order valence-electron chi connectivity index (χ1n) is 6.91. The molecule has 3 nitrogen and oxygen atoms in total. The van der Waals surface area contributed by atoms with Gasteiger partial charge in [0.25, 0.3) is 0 Å². The standard InChI is InChI=1S/C14H19N3S2/c15-13(18)11-7-9-3-1-5-12(9)17-14(11)16-10-4-2-6-19-8-10/h7,10H,1-6,8H2,(H2,15,18)(H,16,17). The summed E-state index contributed by atoms with van der Waals surface area (Å²) in [5.41, 5.74) is 9.34. The van der Waals surface area contributed by atoms with Gasteiger partial charge < -0.3 is 11.1 Å². The smallest absolute Gasteiger partial charge is 0.136 e. The minimum absolute atomic E-state index is 0.452. The Labute approximate surface area is 123 Å². The summed E-state index contributed by atoms with van der Waals surface area (Å²) in [6, 6.07) is 2.65. The van der Waals surface area contributed by atoms with Gasteiger partial charge in [0.05, 0.1) is 5.56 Å². The van der Waals surface area contributed by atoms with Crippen molar-refractivity contribution >= 4 is 34.8 Å². The molecule has 1 aliphatic carbocycles. The Balaban J connectivity index is 1.87. The van der Waals surface area contributed by atoms with Gasteiger partial charge in [0.2, 0.25) is 0 Å². The van der Waals surface area contributed by atoms with Crippen molar-refractivity contribution in [1.82, 2.24) is 4.98 Å². The Bertz CT molecular complexity index is 496. The molecule has 0 aromatic carbocycles. The van der Waals surface area contributed by atoms with E-state index in [1.165, 1.54) is 36.3 Å². The Hall–Kier alpha value is -0.810. The van der Waals surface area contributed by atoms with Crippen LogP contribution in [0.5, 0.6) is 0 Å². The summed E-state index contributed by atoms with van der Waals surface area (Å²) in [5.74, 6) is 3.33. The Morgan fingerprint density at radius 2 is 2.32 bits per heavy atom. The van der Waals surface area contributed by atoms with E-state index in [9.17, 15) is 0 Å². The van der Waals surface area contributed by atoms with Crippen molar-refractivity contribution in [2.24, 2.45) is 5.73 Å². The summed E-state index contributed by atoms with van der Waals surface area (Å²) >= 11 is 7.19. The molecule has 3 rings (SSSR count). The lowest BCUT2D eigenvalue weighted by atomic mass is 10.1. The molecule has 19 heavy (non-hydrogen) atoms. The summed E-state index contributed by atoms with van der Waals surface area (Å²) in [6.45, 7) is 0. The third kappa shape index (κ3) is 2.87. The van der Waals surface area contributed by atoms with Crippen LogP contribution in [0.1, 0.15) is 36.1 Å². The van der Waals surface area contributed by atoms with Crippen molar-refractivity contribution in [3.05, 3.63) is 22.9 Å². The minimum atomic E-state index is 0.452. The fourth-order valence-electron chi connectivity index (χ4n) is 2.82. The average Bonchev–Trinajstić information content (AvgIpc) is 2.86. The van der Waals surface area contributed by atoms with E-state index in [2.05, 4.69) is 11.4 Å². The molecule has 1 aromatic rings. The first-order chi connectivity index (χ1) is 9.24. The molecule has 1 atom stereocenters. The maximum Gasteiger partial charge on any atom is 0.136 e. The second kappa shape index (κ2) is 5.67. The van der Waals surface area contributed by atoms with E-state index in [-0.39, 0.29) is 0 Å². The lowest BCUT2D eigenvalue weighted by molar-refractivity contribution is 0.681. The monoisotopic (exact) mass is 293 g/mol. The zero-order valence-electron chi connectivity index (χ0n) is 10.9. The highest BCUT2D eigenvalue weighted by atomic mass is 32.2. The molecule has 1 saturated heterocycles. The third-order valence-corrected chi connectivity index (χ3v) is 5.25. The number of pyridine rings is 1. The number of thiocarbonyl (C=S) groups is 1. The van der Waals surface area contributed by atoms with Gasteiger partial charge in [0.15, 0.2) is 0 Å². The number of nitrogens with zero attached hydrogens (tertiary/aromatic N) is 1. The van der Waals surface area contributed by atoms with Gasteiger partial charge in [-0.3, -0.25) is 0 Å². The van der Waals surface area contributed by atoms with E-state index in [0.717, 1.165) is 30.0 Å². The van der Waals surface area contributed by atoms with Gasteiger partial charge in [-0.05, 0) is 49.5 Å².